The smallest absolute Gasteiger partial charge is 0.310 e. The van der Waals surface area contributed by atoms with Crippen LogP contribution in [0.1, 0.15) is 106 Å². The molecule has 198 valence electrons. The molecule has 0 aromatic carbocycles. The first kappa shape index (κ1) is 26.9. The summed E-state index contributed by atoms with van der Waals surface area (Å²) in [5.74, 6) is -0.0238. The number of carboxylic acid groups (broad SMARTS) is 1. The molecule has 0 saturated heterocycles. The third-order valence-electron chi connectivity index (χ3n) is 12.5. The molecule has 0 amide bonds. The number of aliphatic hydroxyl groups excluding tert-OH is 2. The minimum Gasteiger partial charge on any atom is -0.481 e. The number of aliphatic carboxylic acids is 1. The van der Waals surface area contributed by atoms with Crippen LogP contribution in [0.15, 0.2) is 23.3 Å². The molecule has 0 bridgehead atoms. The lowest BCUT2D eigenvalue weighted by atomic mass is 9.42. The number of carboxylic acids is 1. The number of hydrogen-bond acceptors (Lipinski definition) is 3. The largest absolute Gasteiger partial charge is 0.481 e. The second kappa shape index (κ2) is 8.72. The van der Waals surface area contributed by atoms with Crippen LogP contribution in [0, 0.1) is 45.3 Å². The van der Waals surface area contributed by atoms with E-state index in [1.165, 1.54) is 5.57 Å². The highest BCUT2D eigenvalue weighted by Crippen LogP contribution is 2.72. The van der Waals surface area contributed by atoms with Crippen LogP contribution >= 0.6 is 0 Å². The Labute approximate surface area is 213 Å². The summed E-state index contributed by atoms with van der Waals surface area (Å²) in [4.78, 5) is 11.4. The molecule has 0 unspecified atom stereocenters. The van der Waals surface area contributed by atoms with Gasteiger partial charge in [0.15, 0.2) is 0 Å². The third kappa shape index (κ3) is 3.71. The van der Waals surface area contributed by atoms with Crippen LogP contribution in [0.3, 0.4) is 0 Å². The quantitative estimate of drug-likeness (QED) is 0.362. The first-order valence-corrected chi connectivity index (χ1v) is 14.1. The summed E-state index contributed by atoms with van der Waals surface area (Å²) >= 11 is 0. The van der Waals surface area contributed by atoms with E-state index in [9.17, 15) is 20.1 Å². The SMILES string of the molecule is C=C(CC[C@H](C)[C@@H]1CC[C@]2(C)C3=C(C[C@H](O)[C@]12C)[C@]1(C)CC[C@H](O)C(C)(C)[C@H]1CC3)[C@@H](C)C(=O)O. The van der Waals surface area contributed by atoms with E-state index < -0.39 is 11.9 Å². The van der Waals surface area contributed by atoms with Crippen molar-refractivity contribution >= 4 is 5.97 Å². The number of hydrogen-bond donors (Lipinski definition) is 3. The molecule has 2 saturated carbocycles. The number of allylic oxidation sites excluding steroid dienone is 1. The van der Waals surface area contributed by atoms with Gasteiger partial charge in [0.2, 0.25) is 0 Å². The molecule has 4 aliphatic carbocycles. The number of carbonyl (C=O) groups is 1. The Bertz CT molecular complexity index is 917. The second-order valence-corrected chi connectivity index (χ2v) is 14.1. The van der Waals surface area contributed by atoms with E-state index in [2.05, 4.69) is 48.1 Å². The zero-order valence-corrected chi connectivity index (χ0v) is 23.3. The van der Waals surface area contributed by atoms with E-state index in [1.807, 2.05) is 0 Å². The lowest BCUT2D eigenvalue weighted by Gasteiger charge is -2.63. The minimum absolute atomic E-state index is 0.00151. The zero-order chi connectivity index (χ0) is 26.1. The molecule has 2 fully saturated rings. The summed E-state index contributed by atoms with van der Waals surface area (Å²) in [7, 11) is 0. The van der Waals surface area contributed by atoms with Crippen molar-refractivity contribution in [3.05, 3.63) is 23.3 Å². The average Bonchev–Trinajstić information content (AvgIpc) is 3.08. The first-order chi connectivity index (χ1) is 16.1. The fourth-order valence-electron chi connectivity index (χ4n) is 9.64. The van der Waals surface area contributed by atoms with E-state index in [-0.39, 0.29) is 33.9 Å². The fourth-order valence-corrected chi connectivity index (χ4v) is 9.64. The summed E-state index contributed by atoms with van der Waals surface area (Å²) in [5, 5.41) is 32.1. The Hall–Kier alpha value is -1.13. The van der Waals surface area contributed by atoms with Gasteiger partial charge in [-0.25, -0.2) is 0 Å². The highest BCUT2D eigenvalue weighted by molar-refractivity contribution is 5.72. The average molecular weight is 487 g/mol. The second-order valence-electron chi connectivity index (χ2n) is 14.1. The molecule has 0 radical (unpaired) electrons. The van der Waals surface area contributed by atoms with Crippen LogP contribution < -0.4 is 0 Å². The summed E-state index contributed by atoms with van der Waals surface area (Å²) in [5.41, 5.74) is 3.76. The maximum absolute atomic E-state index is 11.9. The van der Waals surface area contributed by atoms with Gasteiger partial charge in [0.25, 0.3) is 0 Å². The molecule has 0 spiro atoms. The van der Waals surface area contributed by atoms with Gasteiger partial charge in [0.05, 0.1) is 18.1 Å². The monoisotopic (exact) mass is 486 g/mol. The van der Waals surface area contributed by atoms with Crippen LogP contribution in [-0.4, -0.2) is 33.5 Å². The predicted octanol–water partition coefficient (Wildman–Crippen LogP) is 6.76. The summed E-state index contributed by atoms with van der Waals surface area (Å²) < 4.78 is 0. The summed E-state index contributed by atoms with van der Waals surface area (Å²) in [6, 6.07) is 0. The van der Waals surface area contributed by atoms with Crippen molar-refractivity contribution in [3.8, 4) is 0 Å². The highest BCUT2D eigenvalue weighted by Gasteiger charge is 2.66. The van der Waals surface area contributed by atoms with Crippen LogP contribution in [0.25, 0.3) is 0 Å². The zero-order valence-electron chi connectivity index (χ0n) is 23.3. The van der Waals surface area contributed by atoms with E-state index in [4.69, 9.17) is 0 Å². The lowest BCUT2D eigenvalue weighted by molar-refractivity contribution is -0.139. The summed E-state index contributed by atoms with van der Waals surface area (Å²) in [6.07, 6.45) is 8.15. The molecule has 4 rings (SSSR count). The summed E-state index contributed by atoms with van der Waals surface area (Å²) in [6.45, 7) is 19.8. The van der Waals surface area contributed by atoms with E-state index >= 15 is 0 Å². The maximum atomic E-state index is 11.9. The standard InChI is InChI=1S/C31H50O4/c1-18(20(3)27(34)35)9-10-19(2)21-13-16-30(7)22-11-12-24-28(4,5)25(32)14-15-29(24,6)23(22)17-26(33)31(21,30)8/h19-21,24-26,32-33H,1,9-17H2,2-8H3,(H,34,35)/t19-,20+,21-,24+,25-,26-,29-,30+,31-/m0/s1. The van der Waals surface area contributed by atoms with Crippen molar-refractivity contribution in [2.75, 3.05) is 0 Å². The van der Waals surface area contributed by atoms with Crippen molar-refractivity contribution in [3.63, 3.8) is 0 Å². The Morgan fingerprint density at radius 1 is 1.00 bits per heavy atom. The fraction of sp³-hybridized carbons (Fsp3) is 0.839. The normalized spacial score (nSPS) is 44.1. The van der Waals surface area contributed by atoms with Gasteiger partial charge in [-0.2, -0.15) is 0 Å². The van der Waals surface area contributed by atoms with Gasteiger partial charge in [-0.1, -0.05) is 64.8 Å². The number of rotatable bonds is 6. The minimum atomic E-state index is -0.798. The molecule has 4 heteroatoms. The third-order valence-corrected chi connectivity index (χ3v) is 12.5. The molecule has 0 heterocycles. The number of fused-ring (bicyclic) bond motifs is 4. The Morgan fingerprint density at radius 3 is 2.29 bits per heavy atom. The van der Waals surface area contributed by atoms with Crippen molar-refractivity contribution in [2.45, 2.75) is 118 Å². The molecule has 35 heavy (non-hydrogen) atoms. The Balaban J connectivity index is 1.63. The molecule has 3 N–H and O–H groups in total. The Morgan fingerprint density at radius 2 is 1.66 bits per heavy atom. The van der Waals surface area contributed by atoms with Crippen molar-refractivity contribution in [2.24, 2.45) is 45.3 Å². The molecular formula is C31H50O4. The van der Waals surface area contributed by atoms with E-state index in [0.717, 1.165) is 63.4 Å². The highest BCUT2D eigenvalue weighted by atomic mass is 16.4. The van der Waals surface area contributed by atoms with E-state index in [1.54, 1.807) is 12.5 Å². The van der Waals surface area contributed by atoms with Crippen LogP contribution in [0.4, 0.5) is 0 Å². The number of aliphatic hydroxyl groups is 2. The van der Waals surface area contributed by atoms with Crippen LogP contribution in [-0.2, 0) is 4.79 Å². The van der Waals surface area contributed by atoms with Crippen molar-refractivity contribution in [1.82, 2.24) is 0 Å². The Kier molecular flexibility index (Phi) is 6.71. The molecule has 4 nitrogen and oxygen atoms in total. The maximum Gasteiger partial charge on any atom is 0.310 e. The molecule has 0 aliphatic heterocycles. The predicted molar refractivity (Wildman–Crippen MR) is 141 cm³/mol. The first-order valence-electron chi connectivity index (χ1n) is 14.1. The van der Waals surface area contributed by atoms with Crippen molar-refractivity contribution < 1.29 is 20.1 Å². The molecule has 0 aromatic rings. The van der Waals surface area contributed by atoms with E-state index in [0.29, 0.717) is 17.8 Å². The molecule has 0 aromatic heterocycles. The van der Waals surface area contributed by atoms with Gasteiger partial charge in [-0.15, -0.1) is 0 Å². The van der Waals surface area contributed by atoms with Crippen LogP contribution in [0.2, 0.25) is 0 Å². The van der Waals surface area contributed by atoms with Gasteiger partial charge < -0.3 is 15.3 Å². The lowest BCUT2D eigenvalue weighted by Crippen LogP contribution is -2.58. The molecule has 4 aliphatic rings. The van der Waals surface area contributed by atoms with Gasteiger partial charge in [-0.3, -0.25) is 4.79 Å². The van der Waals surface area contributed by atoms with Gasteiger partial charge >= 0.3 is 5.97 Å². The molecular weight excluding hydrogens is 436 g/mol. The van der Waals surface area contributed by atoms with Gasteiger partial charge in [0, 0.05) is 5.41 Å². The topological polar surface area (TPSA) is 77.8 Å². The van der Waals surface area contributed by atoms with Crippen molar-refractivity contribution in [1.29, 1.82) is 0 Å². The molecule has 9 atom stereocenters. The van der Waals surface area contributed by atoms with Gasteiger partial charge in [-0.05, 0) is 98.7 Å². The van der Waals surface area contributed by atoms with Gasteiger partial charge in [0.1, 0.15) is 0 Å². The van der Waals surface area contributed by atoms with Crippen LogP contribution in [0.5, 0.6) is 0 Å².